The summed E-state index contributed by atoms with van der Waals surface area (Å²) in [6.45, 7) is 6.10. The smallest absolute Gasteiger partial charge is 0.124 e. The average molecular weight is 258 g/mol. The number of hydrogen-bond acceptors (Lipinski definition) is 3. The Bertz CT molecular complexity index is 583. The van der Waals surface area contributed by atoms with Gasteiger partial charge in [0.15, 0.2) is 0 Å². The van der Waals surface area contributed by atoms with Crippen molar-refractivity contribution in [1.82, 2.24) is 14.9 Å². The standard InChI is InChI=1S/C13H16N4.C2H6/c1-17-6-4-9(5-7-17)10-8-15-11-2-3-12(14)16-13(10)11;1-2/h2-4,8,15H,5-7H2,1H3,(H2,14,16);1-2H3. The highest BCUT2D eigenvalue weighted by molar-refractivity contribution is 5.90. The van der Waals surface area contributed by atoms with Crippen LogP contribution in [0, 0.1) is 0 Å². The van der Waals surface area contributed by atoms with Crippen LogP contribution in [0.2, 0.25) is 0 Å². The zero-order valence-corrected chi connectivity index (χ0v) is 11.9. The minimum atomic E-state index is 0.576. The lowest BCUT2D eigenvalue weighted by atomic mass is 10.0. The van der Waals surface area contributed by atoms with E-state index in [2.05, 4.69) is 28.0 Å². The number of nitrogens with two attached hydrogens (primary N) is 1. The Morgan fingerprint density at radius 1 is 1.32 bits per heavy atom. The first kappa shape index (κ1) is 13.6. The average Bonchev–Trinajstić information content (AvgIpc) is 2.85. The van der Waals surface area contributed by atoms with Crippen LogP contribution in [-0.4, -0.2) is 35.0 Å². The van der Waals surface area contributed by atoms with Gasteiger partial charge in [0, 0.05) is 24.8 Å². The van der Waals surface area contributed by atoms with Crippen molar-refractivity contribution in [2.75, 3.05) is 25.9 Å². The number of H-pyrrole nitrogens is 1. The molecule has 2 aromatic heterocycles. The number of pyridine rings is 1. The molecule has 102 valence electrons. The van der Waals surface area contributed by atoms with Crippen LogP contribution in [0.25, 0.3) is 16.6 Å². The molecule has 0 bridgehead atoms. The number of anilines is 1. The lowest BCUT2D eigenvalue weighted by molar-refractivity contribution is 0.370. The van der Waals surface area contributed by atoms with Crippen LogP contribution in [0.1, 0.15) is 25.8 Å². The van der Waals surface area contributed by atoms with E-state index in [4.69, 9.17) is 5.73 Å². The molecule has 0 spiro atoms. The number of nitrogens with zero attached hydrogens (tertiary/aromatic N) is 2. The summed E-state index contributed by atoms with van der Waals surface area (Å²) < 4.78 is 0. The van der Waals surface area contributed by atoms with Crippen LogP contribution in [0.15, 0.2) is 24.4 Å². The SMILES string of the molecule is CC.CN1CC=C(c2c[nH]c3ccc(N)nc23)CC1. The van der Waals surface area contributed by atoms with Gasteiger partial charge in [-0.05, 0) is 31.2 Å². The third-order valence-corrected chi connectivity index (χ3v) is 3.30. The van der Waals surface area contributed by atoms with Gasteiger partial charge in [-0.15, -0.1) is 0 Å². The molecule has 3 heterocycles. The van der Waals surface area contributed by atoms with E-state index in [-0.39, 0.29) is 0 Å². The second kappa shape index (κ2) is 5.89. The second-order valence-corrected chi connectivity index (χ2v) is 4.58. The fourth-order valence-corrected chi connectivity index (χ4v) is 2.27. The third kappa shape index (κ3) is 2.79. The maximum absolute atomic E-state index is 5.75. The van der Waals surface area contributed by atoms with E-state index in [1.54, 1.807) is 0 Å². The van der Waals surface area contributed by atoms with E-state index < -0.39 is 0 Å². The van der Waals surface area contributed by atoms with E-state index >= 15 is 0 Å². The van der Waals surface area contributed by atoms with Crippen LogP contribution in [0.4, 0.5) is 5.82 Å². The molecule has 0 fully saturated rings. The second-order valence-electron chi connectivity index (χ2n) is 4.58. The molecule has 0 amide bonds. The normalized spacial score (nSPS) is 15.8. The molecular weight excluding hydrogens is 236 g/mol. The lowest BCUT2D eigenvalue weighted by Crippen LogP contribution is -2.23. The molecule has 0 saturated heterocycles. The van der Waals surface area contributed by atoms with E-state index in [1.807, 2.05) is 32.2 Å². The summed E-state index contributed by atoms with van der Waals surface area (Å²) in [4.78, 5) is 9.98. The van der Waals surface area contributed by atoms with Crippen LogP contribution in [0.3, 0.4) is 0 Å². The maximum Gasteiger partial charge on any atom is 0.124 e. The van der Waals surface area contributed by atoms with Crippen LogP contribution < -0.4 is 5.73 Å². The highest BCUT2D eigenvalue weighted by Gasteiger charge is 2.14. The minimum absolute atomic E-state index is 0.576. The Hall–Kier alpha value is -1.81. The van der Waals surface area contributed by atoms with Crippen LogP contribution >= 0.6 is 0 Å². The Kier molecular flexibility index (Phi) is 4.22. The van der Waals surface area contributed by atoms with Gasteiger partial charge in [-0.1, -0.05) is 19.9 Å². The Labute approximate surface area is 114 Å². The molecule has 3 N–H and O–H groups in total. The van der Waals surface area contributed by atoms with Crippen molar-refractivity contribution in [2.24, 2.45) is 0 Å². The Balaban J connectivity index is 0.000000637. The lowest BCUT2D eigenvalue weighted by Gasteiger charge is -2.21. The van der Waals surface area contributed by atoms with Gasteiger partial charge < -0.3 is 15.6 Å². The highest BCUT2D eigenvalue weighted by Crippen LogP contribution is 2.28. The summed E-state index contributed by atoms with van der Waals surface area (Å²) in [5, 5.41) is 0. The zero-order valence-electron chi connectivity index (χ0n) is 11.9. The molecular formula is C15H22N4. The molecule has 4 heteroatoms. The van der Waals surface area contributed by atoms with E-state index in [0.29, 0.717) is 5.82 Å². The molecule has 19 heavy (non-hydrogen) atoms. The maximum atomic E-state index is 5.75. The first-order chi connectivity index (χ1) is 9.24. The first-order valence-electron chi connectivity index (χ1n) is 6.85. The van der Waals surface area contributed by atoms with Crippen LogP contribution in [0.5, 0.6) is 0 Å². The number of aromatic nitrogens is 2. The molecule has 4 nitrogen and oxygen atoms in total. The largest absolute Gasteiger partial charge is 0.384 e. The number of rotatable bonds is 1. The molecule has 1 aliphatic rings. The first-order valence-corrected chi connectivity index (χ1v) is 6.85. The van der Waals surface area contributed by atoms with Crippen molar-refractivity contribution >= 4 is 22.4 Å². The zero-order chi connectivity index (χ0) is 13.8. The number of hydrogen-bond donors (Lipinski definition) is 2. The Morgan fingerprint density at radius 2 is 2.11 bits per heavy atom. The van der Waals surface area contributed by atoms with Gasteiger partial charge in [0.25, 0.3) is 0 Å². The molecule has 0 aromatic carbocycles. The molecule has 1 aliphatic heterocycles. The number of aromatic amines is 1. The number of fused-ring (bicyclic) bond motifs is 1. The van der Waals surface area contributed by atoms with Gasteiger partial charge in [0.2, 0.25) is 0 Å². The van der Waals surface area contributed by atoms with Gasteiger partial charge in [-0.2, -0.15) is 0 Å². The van der Waals surface area contributed by atoms with Gasteiger partial charge in [-0.3, -0.25) is 0 Å². The van der Waals surface area contributed by atoms with Crippen molar-refractivity contribution in [3.8, 4) is 0 Å². The fourth-order valence-electron chi connectivity index (χ4n) is 2.27. The monoisotopic (exact) mass is 258 g/mol. The van der Waals surface area contributed by atoms with E-state index in [9.17, 15) is 0 Å². The van der Waals surface area contributed by atoms with Gasteiger partial charge in [0.1, 0.15) is 5.82 Å². The molecule has 3 rings (SSSR count). The van der Waals surface area contributed by atoms with E-state index in [1.165, 1.54) is 11.1 Å². The van der Waals surface area contributed by atoms with Gasteiger partial charge >= 0.3 is 0 Å². The molecule has 0 aliphatic carbocycles. The van der Waals surface area contributed by atoms with Crippen molar-refractivity contribution in [1.29, 1.82) is 0 Å². The number of likely N-dealkylation sites (N-methyl/N-ethyl adjacent to an activating group) is 1. The topological polar surface area (TPSA) is 57.9 Å². The summed E-state index contributed by atoms with van der Waals surface area (Å²) >= 11 is 0. The van der Waals surface area contributed by atoms with Gasteiger partial charge in [-0.25, -0.2) is 4.98 Å². The molecule has 0 radical (unpaired) electrons. The van der Waals surface area contributed by atoms with Crippen LogP contribution in [-0.2, 0) is 0 Å². The fraction of sp³-hybridized carbons (Fsp3) is 0.400. The number of nitrogen functional groups attached to an aromatic ring is 1. The molecule has 0 atom stereocenters. The summed E-state index contributed by atoms with van der Waals surface area (Å²) in [6.07, 6.45) is 5.38. The predicted octanol–water partition coefficient (Wildman–Crippen LogP) is 2.89. The van der Waals surface area contributed by atoms with Crippen molar-refractivity contribution in [3.63, 3.8) is 0 Å². The van der Waals surface area contributed by atoms with Crippen molar-refractivity contribution in [3.05, 3.63) is 30.0 Å². The Morgan fingerprint density at radius 3 is 2.79 bits per heavy atom. The highest BCUT2D eigenvalue weighted by atomic mass is 15.1. The van der Waals surface area contributed by atoms with E-state index in [0.717, 1.165) is 30.5 Å². The third-order valence-electron chi connectivity index (χ3n) is 3.30. The summed E-state index contributed by atoms with van der Waals surface area (Å²) in [5.41, 5.74) is 10.4. The van der Waals surface area contributed by atoms with Gasteiger partial charge in [0.05, 0.1) is 11.0 Å². The number of nitrogens with one attached hydrogen (secondary N) is 1. The summed E-state index contributed by atoms with van der Waals surface area (Å²) in [6, 6.07) is 3.81. The minimum Gasteiger partial charge on any atom is -0.384 e. The predicted molar refractivity (Wildman–Crippen MR) is 81.9 cm³/mol. The van der Waals surface area contributed by atoms with Crippen molar-refractivity contribution < 1.29 is 0 Å². The van der Waals surface area contributed by atoms with Crippen molar-refractivity contribution in [2.45, 2.75) is 20.3 Å². The molecule has 2 aromatic rings. The summed E-state index contributed by atoms with van der Waals surface area (Å²) in [7, 11) is 2.14. The molecule has 0 saturated carbocycles. The summed E-state index contributed by atoms with van der Waals surface area (Å²) in [5.74, 6) is 0.576. The molecule has 0 unspecified atom stereocenters. The quantitative estimate of drug-likeness (QED) is 0.827.